The van der Waals surface area contributed by atoms with Crippen LogP contribution in [-0.4, -0.2) is 25.3 Å². The molecule has 2 aromatic carbocycles. The molecule has 0 aliphatic carbocycles. The third-order valence-corrected chi connectivity index (χ3v) is 4.97. The van der Waals surface area contributed by atoms with Crippen LogP contribution < -0.4 is 10.1 Å². The number of ether oxygens (including phenoxy) is 1. The van der Waals surface area contributed by atoms with Crippen LogP contribution in [-0.2, 0) is 10.5 Å². The summed E-state index contributed by atoms with van der Waals surface area (Å²) in [6, 6.07) is 13.0. The van der Waals surface area contributed by atoms with Gasteiger partial charge in [0, 0.05) is 39.7 Å². The Kier molecular flexibility index (Phi) is 8.19. The molecule has 0 aliphatic heterocycles. The van der Waals surface area contributed by atoms with Gasteiger partial charge in [0.2, 0.25) is 5.91 Å². The van der Waals surface area contributed by atoms with E-state index in [1.165, 1.54) is 6.08 Å². The first kappa shape index (κ1) is 19.7. The van der Waals surface area contributed by atoms with Gasteiger partial charge in [-0.1, -0.05) is 47.5 Å². The number of rotatable bonds is 8. The van der Waals surface area contributed by atoms with Crippen molar-refractivity contribution in [2.75, 3.05) is 19.4 Å². The number of halogens is 2. The highest BCUT2D eigenvalue weighted by Crippen LogP contribution is 2.24. The van der Waals surface area contributed by atoms with Crippen LogP contribution in [0.25, 0.3) is 6.08 Å². The summed E-state index contributed by atoms with van der Waals surface area (Å²) in [5, 5.41) is 4.16. The highest BCUT2D eigenvalue weighted by molar-refractivity contribution is 7.98. The fourth-order valence-corrected chi connectivity index (χ4v) is 3.51. The number of para-hydroxylation sites is 1. The molecule has 25 heavy (non-hydrogen) atoms. The van der Waals surface area contributed by atoms with Crippen molar-refractivity contribution < 1.29 is 9.53 Å². The Morgan fingerprint density at radius 1 is 1.24 bits per heavy atom. The molecule has 0 saturated carbocycles. The first-order valence-electron chi connectivity index (χ1n) is 7.70. The van der Waals surface area contributed by atoms with Crippen molar-refractivity contribution in [2.45, 2.75) is 5.75 Å². The molecule has 6 heteroatoms. The number of amides is 1. The van der Waals surface area contributed by atoms with Gasteiger partial charge >= 0.3 is 0 Å². The van der Waals surface area contributed by atoms with E-state index < -0.39 is 0 Å². The molecule has 0 spiro atoms. The fraction of sp³-hybridized carbons (Fsp3) is 0.211. The van der Waals surface area contributed by atoms with E-state index in [-0.39, 0.29) is 5.91 Å². The van der Waals surface area contributed by atoms with Gasteiger partial charge in [0.25, 0.3) is 0 Å². The third-order valence-electron chi connectivity index (χ3n) is 3.37. The van der Waals surface area contributed by atoms with Gasteiger partial charge in [-0.2, -0.15) is 11.8 Å². The summed E-state index contributed by atoms with van der Waals surface area (Å²) >= 11 is 13.7. The molecule has 0 radical (unpaired) electrons. The molecule has 1 amide bonds. The Hall–Kier alpha value is -1.62. The largest absolute Gasteiger partial charge is 0.496 e. The van der Waals surface area contributed by atoms with Gasteiger partial charge in [-0.3, -0.25) is 4.79 Å². The number of carbonyl (C=O) groups is 1. The van der Waals surface area contributed by atoms with Crippen LogP contribution in [0.4, 0.5) is 0 Å². The van der Waals surface area contributed by atoms with Crippen LogP contribution in [0.1, 0.15) is 11.1 Å². The summed E-state index contributed by atoms with van der Waals surface area (Å²) in [4.78, 5) is 11.9. The van der Waals surface area contributed by atoms with E-state index in [2.05, 4.69) is 5.32 Å². The SMILES string of the molecule is COc1ccccc1/C=C/C(=O)NCCSCc1ccc(Cl)cc1Cl. The minimum absolute atomic E-state index is 0.129. The van der Waals surface area contributed by atoms with Crippen LogP contribution in [0, 0.1) is 0 Å². The highest BCUT2D eigenvalue weighted by atomic mass is 35.5. The van der Waals surface area contributed by atoms with Crippen molar-refractivity contribution in [1.29, 1.82) is 0 Å². The number of hydrogen-bond acceptors (Lipinski definition) is 3. The molecular formula is C19H19Cl2NO2S. The van der Waals surface area contributed by atoms with Crippen molar-refractivity contribution in [3.05, 3.63) is 69.7 Å². The van der Waals surface area contributed by atoms with Crippen LogP contribution in [0.2, 0.25) is 10.0 Å². The lowest BCUT2D eigenvalue weighted by molar-refractivity contribution is -0.116. The van der Waals surface area contributed by atoms with E-state index >= 15 is 0 Å². The normalized spacial score (nSPS) is 10.8. The van der Waals surface area contributed by atoms with Gasteiger partial charge in [0.1, 0.15) is 5.75 Å². The van der Waals surface area contributed by atoms with E-state index in [9.17, 15) is 4.79 Å². The minimum atomic E-state index is -0.129. The molecular weight excluding hydrogens is 377 g/mol. The molecule has 0 unspecified atom stereocenters. The van der Waals surface area contributed by atoms with Crippen molar-refractivity contribution in [3.8, 4) is 5.75 Å². The van der Waals surface area contributed by atoms with Crippen LogP contribution in [0.3, 0.4) is 0 Å². The number of nitrogens with one attached hydrogen (secondary N) is 1. The molecule has 0 aliphatic rings. The number of carbonyl (C=O) groups excluding carboxylic acids is 1. The lowest BCUT2D eigenvalue weighted by Gasteiger charge is -2.06. The van der Waals surface area contributed by atoms with Crippen molar-refractivity contribution >= 4 is 46.9 Å². The average molecular weight is 396 g/mol. The minimum Gasteiger partial charge on any atom is -0.496 e. The standard InChI is InChI=1S/C19H19Cl2NO2S/c1-24-18-5-3-2-4-14(18)7-9-19(23)22-10-11-25-13-15-6-8-16(20)12-17(15)21/h2-9,12H,10-11,13H2,1H3,(H,22,23)/b9-7+. The van der Waals surface area contributed by atoms with E-state index in [0.29, 0.717) is 16.6 Å². The van der Waals surface area contributed by atoms with Gasteiger partial charge < -0.3 is 10.1 Å². The molecule has 132 valence electrons. The molecule has 2 rings (SSSR count). The summed E-state index contributed by atoms with van der Waals surface area (Å²) < 4.78 is 5.24. The lowest BCUT2D eigenvalue weighted by atomic mass is 10.2. The maximum Gasteiger partial charge on any atom is 0.244 e. The predicted octanol–water partition coefficient (Wildman–Crippen LogP) is 5.06. The zero-order chi connectivity index (χ0) is 18.1. The summed E-state index contributed by atoms with van der Waals surface area (Å²) in [5.74, 6) is 2.19. The molecule has 0 atom stereocenters. The second kappa shape index (κ2) is 10.4. The van der Waals surface area contributed by atoms with Crippen LogP contribution in [0.5, 0.6) is 5.75 Å². The van der Waals surface area contributed by atoms with E-state index in [4.69, 9.17) is 27.9 Å². The molecule has 0 saturated heterocycles. The predicted molar refractivity (Wildman–Crippen MR) is 108 cm³/mol. The van der Waals surface area contributed by atoms with Gasteiger partial charge in [0.05, 0.1) is 7.11 Å². The number of benzene rings is 2. The summed E-state index contributed by atoms with van der Waals surface area (Å²) in [6.45, 7) is 0.588. The second-order valence-corrected chi connectivity index (χ2v) is 7.10. The first-order valence-corrected chi connectivity index (χ1v) is 9.62. The molecule has 0 bridgehead atoms. The Morgan fingerprint density at radius 2 is 2.04 bits per heavy atom. The number of hydrogen-bond donors (Lipinski definition) is 1. The molecule has 0 aromatic heterocycles. The van der Waals surface area contributed by atoms with Crippen molar-refractivity contribution in [1.82, 2.24) is 5.32 Å². The van der Waals surface area contributed by atoms with E-state index in [1.807, 2.05) is 36.4 Å². The maximum atomic E-state index is 11.9. The van der Waals surface area contributed by atoms with E-state index in [0.717, 1.165) is 28.4 Å². The Bertz CT molecular complexity index is 750. The average Bonchev–Trinajstić information content (AvgIpc) is 2.61. The zero-order valence-corrected chi connectivity index (χ0v) is 16.1. The van der Waals surface area contributed by atoms with Crippen molar-refractivity contribution in [2.24, 2.45) is 0 Å². The lowest BCUT2D eigenvalue weighted by Crippen LogP contribution is -2.23. The van der Waals surface area contributed by atoms with Crippen LogP contribution >= 0.6 is 35.0 Å². The number of thioether (sulfide) groups is 1. The zero-order valence-electron chi connectivity index (χ0n) is 13.8. The quantitative estimate of drug-likeness (QED) is 0.501. The monoisotopic (exact) mass is 395 g/mol. The van der Waals surface area contributed by atoms with Crippen LogP contribution in [0.15, 0.2) is 48.5 Å². The fourth-order valence-electron chi connectivity index (χ4n) is 2.10. The molecule has 3 nitrogen and oxygen atoms in total. The topological polar surface area (TPSA) is 38.3 Å². The molecule has 1 N–H and O–H groups in total. The van der Waals surface area contributed by atoms with Crippen molar-refractivity contribution in [3.63, 3.8) is 0 Å². The van der Waals surface area contributed by atoms with Gasteiger partial charge in [-0.15, -0.1) is 0 Å². The second-order valence-electron chi connectivity index (χ2n) is 5.15. The maximum absolute atomic E-state index is 11.9. The summed E-state index contributed by atoms with van der Waals surface area (Å²) in [5.41, 5.74) is 1.91. The van der Waals surface area contributed by atoms with Gasteiger partial charge in [0.15, 0.2) is 0 Å². The number of methoxy groups -OCH3 is 1. The highest BCUT2D eigenvalue weighted by Gasteiger charge is 2.02. The Balaban J connectivity index is 1.71. The van der Waals surface area contributed by atoms with E-state index in [1.54, 1.807) is 31.0 Å². The molecule has 2 aromatic rings. The smallest absolute Gasteiger partial charge is 0.244 e. The third kappa shape index (κ3) is 6.65. The van der Waals surface area contributed by atoms with Gasteiger partial charge in [-0.05, 0) is 29.8 Å². The summed E-state index contributed by atoms with van der Waals surface area (Å²) in [7, 11) is 1.61. The summed E-state index contributed by atoms with van der Waals surface area (Å²) in [6.07, 6.45) is 3.26. The molecule has 0 heterocycles. The first-order chi connectivity index (χ1) is 12.1. The molecule has 0 fully saturated rings. The van der Waals surface area contributed by atoms with Gasteiger partial charge in [-0.25, -0.2) is 0 Å². The Morgan fingerprint density at radius 3 is 2.80 bits per heavy atom. The Labute approximate surface area is 162 Å².